The van der Waals surface area contributed by atoms with Crippen molar-refractivity contribution in [1.82, 2.24) is 0 Å². The van der Waals surface area contributed by atoms with Gasteiger partial charge in [0.1, 0.15) is 0 Å². The van der Waals surface area contributed by atoms with Gasteiger partial charge in [-0.15, -0.1) is 0 Å². The van der Waals surface area contributed by atoms with Crippen LogP contribution in [0.3, 0.4) is 0 Å². The molecule has 0 saturated carbocycles. The van der Waals surface area contributed by atoms with Crippen LogP contribution in [0.4, 0.5) is 11.4 Å². The Labute approximate surface area is 164 Å². The Balaban J connectivity index is 1.80. The zero-order chi connectivity index (χ0) is 17.7. The van der Waals surface area contributed by atoms with Gasteiger partial charge in [-0.2, -0.15) is 0 Å². The van der Waals surface area contributed by atoms with E-state index in [9.17, 15) is 4.79 Å². The SMILES string of the molecule is O=C1Nc2ccc(I)cc2C12N=C(c1ccccc1)c1ccccc1N2. The number of fused-ring (bicyclic) bond motifs is 3. The van der Waals surface area contributed by atoms with E-state index >= 15 is 0 Å². The van der Waals surface area contributed by atoms with E-state index in [0.29, 0.717) is 0 Å². The summed E-state index contributed by atoms with van der Waals surface area (Å²) in [5.41, 5.74) is 4.24. The molecule has 2 aliphatic heterocycles. The third-order valence-corrected chi connectivity index (χ3v) is 5.44. The predicted molar refractivity (Wildman–Crippen MR) is 112 cm³/mol. The van der Waals surface area contributed by atoms with E-state index in [-0.39, 0.29) is 5.91 Å². The monoisotopic (exact) mass is 451 g/mol. The summed E-state index contributed by atoms with van der Waals surface area (Å²) >= 11 is 2.26. The van der Waals surface area contributed by atoms with Crippen LogP contribution in [-0.4, -0.2) is 11.6 Å². The predicted octanol–water partition coefficient (Wildman–Crippen LogP) is 4.36. The topological polar surface area (TPSA) is 53.5 Å². The van der Waals surface area contributed by atoms with Gasteiger partial charge in [0, 0.05) is 31.6 Å². The zero-order valence-electron chi connectivity index (χ0n) is 13.7. The largest absolute Gasteiger partial charge is 0.349 e. The van der Waals surface area contributed by atoms with Gasteiger partial charge in [-0.3, -0.25) is 4.79 Å². The first-order valence-corrected chi connectivity index (χ1v) is 9.40. The molecule has 3 aromatic rings. The Bertz CT molecular complexity index is 1080. The molecule has 1 amide bonds. The molecule has 0 aliphatic carbocycles. The molecule has 0 radical (unpaired) electrons. The Morgan fingerprint density at radius 1 is 0.885 bits per heavy atom. The molecule has 1 unspecified atom stereocenters. The van der Waals surface area contributed by atoms with Crippen LogP contribution in [0.5, 0.6) is 0 Å². The van der Waals surface area contributed by atoms with Crippen LogP contribution in [0.1, 0.15) is 16.7 Å². The summed E-state index contributed by atoms with van der Waals surface area (Å²) in [6.07, 6.45) is 0. The van der Waals surface area contributed by atoms with Crippen molar-refractivity contribution in [2.75, 3.05) is 10.6 Å². The van der Waals surface area contributed by atoms with E-state index in [4.69, 9.17) is 4.99 Å². The summed E-state index contributed by atoms with van der Waals surface area (Å²) in [4.78, 5) is 18.0. The van der Waals surface area contributed by atoms with E-state index < -0.39 is 5.66 Å². The summed E-state index contributed by atoms with van der Waals surface area (Å²) < 4.78 is 1.06. The number of hydrogen-bond acceptors (Lipinski definition) is 3. The van der Waals surface area contributed by atoms with Crippen molar-refractivity contribution in [2.24, 2.45) is 4.99 Å². The number of carbonyl (C=O) groups excluding carboxylic acids is 1. The summed E-state index contributed by atoms with van der Waals surface area (Å²) in [6, 6.07) is 23.9. The van der Waals surface area contributed by atoms with Gasteiger partial charge in [-0.1, -0.05) is 48.5 Å². The van der Waals surface area contributed by atoms with Crippen LogP contribution in [0.2, 0.25) is 0 Å². The minimum atomic E-state index is -1.14. The smallest absolute Gasteiger partial charge is 0.277 e. The van der Waals surface area contributed by atoms with Gasteiger partial charge in [0.2, 0.25) is 5.66 Å². The number of carbonyl (C=O) groups is 1. The first kappa shape index (κ1) is 15.6. The summed E-state index contributed by atoms with van der Waals surface area (Å²) in [6.45, 7) is 0. The van der Waals surface area contributed by atoms with Crippen molar-refractivity contribution < 1.29 is 4.79 Å². The molecule has 26 heavy (non-hydrogen) atoms. The molecule has 3 aromatic carbocycles. The minimum absolute atomic E-state index is 0.155. The number of anilines is 2. The summed E-state index contributed by atoms with van der Waals surface area (Å²) in [5.74, 6) is -0.155. The Kier molecular flexibility index (Phi) is 3.40. The molecule has 2 aliphatic rings. The highest BCUT2D eigenvalue weighted by molar-refractivity contribution is 14.1. The number of nitrogens with zero attached hydrogens (tertiary/aromatic N) is 1. The number of benzene rings is 3. The Morgan fingerprint density at radius 3 is 2.50 bits per heavy atom. The molecule has 0 saturated heterocycles. The van der Waals surface area contributed by atoms with Crippen molar-refractivity contribution in [3.63, 3.8) is 0 Å². The van der Waals surface area contributed by atoms with E-state index in [1.54, 1.807) is 0 Å². The van der Waals surface area contributed by atoms with Crippen LogP contribution in [0.15, 0.2) is 77.8 Å². The van der Waals surface area contributed by atoms with Gasteiger partial charge in [0.15, 0.2) is 0 Å². The van der Waals surface area contributed by atoms with Crippen LogP contribution < -0.4 is 10.6 Å². The highest BCUT2D eigenvalue weighted by Crippen LogP contribution is 2.44. The van der Waals surface area contributed by atoms with E-state index in [1.807, 2.05) is 72.8 Å². The molecular formula is C21H14IN3O. The van der Waals surface area contributed by atoms with Gasteiger partial charge in [-0.05, 0) is 46.9 Å². The standard InChI is InChI=1S/C21H14IN3O/c22-14-10-11-18-16(12-14)21(20(26)23-18)24-17-9-5-4-8-15(17)19(25-21)13-6-2-1-3-7-13/h1-12,24H,(H,23,26). The Morgan fingerprint density at radius 2 is 1.65 bits per heavy atom. The maximum Gasteiger partial charge on any atom is 0.277 e. The van der Waals surface area contributed by atoms with Gasteiger partial charge in [-0.25, -0.2) is 4.99 Å². The van der Waals surface area contributed by atoms with Crippen LogP contribution >= 0.6 is 22.6 Å². The Hall–Kier alpha value is -2.67. The van der Waals surface area contributed by atoms with Crippen molar-refractivity contribution in [1.29, 1.82) is 0 Å². The number of amides is 1. The lowest BCUT2D eigenvalue weighted by molar-refractivity contribution is -0.119. The van der Waals surface area contributed by atoms with Crippen molar-refractivity contribution >= 4 is 45.6 Å². The number of para-hydroxylation sites is 1. The normalized spacial score (nSPS) is 20.0. The third-order valence-electron chi connectivity index (χ3n) is 4.77. The van der Waals surface area contributed by atoms with Gasteiger partial charge in [0.05, 0.1) is 5.71 Å². The number of rotatable bonds is 1. The molecule has 2 heterocycles. The second kappa shape index (κ2) is 5.67. The fraction of sp³-hybridized carbons (Fsp3) is 0.0476. The lowest BCUT2D eigenvalue weighted by Gasteiger charge is -2.32. The fourth-order valence-electron chi connectivity index (χ4n) is 3.56. The molecule has 1 spiro atoms. The second-order valence-corrected chi connectivity index (χ2v) is 7.60. The van der Waals surface area contributed by atoms with Gasteiger partial charge in [0.25, 0.3) is 5.91 Å². The molecule has 0 bridgehead atoms. The number of aliphatic imine (C=N–C) groups is 1. The van der Waals surface area contributed by atoms with Crippen molar-refractivity contribution in [2.45, 2.75) is 5.66 Å². The second-order valence-electron chi connectivity index (χ2n) is 6.35. The first-order chi connectivity index (χ1) is 12.7. The molecule has 0 fully saturated rings. The lowest BCUT2D eigenvalue weighted by Crippen LogP contribution is -2.44. The molecular weight excluding hydrogens is 437 g/mol. The van der Waals surface area contributed by atoms with E-state index in [2.05, 4.69) is 33.2 Å². The average molecular weight is 451 g/mol. The van der Waals surface area contributed by atoms with Crippen molar-refractivity contribution in [3.8, 4) is 0 Å². The highest BCUT2D eigenvalue weighted by Gasteiger charge is 2.49. The molecule has 5 rings (SSSR count). The minimum Gasteiger partial charge on any atom is -0.349 e. The van der Waals surface area contributed by atoms with Gasteiger partial charge < -0.3 is 10.6 Å². The molecule has 0 aromatic heterocycles. The maximum atomic E-state index is 13.0. The lowest BCUT2D eigenvalue weighted by atomic mass is 9.92. The maximum absolute atomic E-state index is 13.0. The molecule has 1 atom stereocenters. The van der Waals surface area contributed by atoms with Crippen molar-refractivity contribution in [3.05, 3.63) is 93.1 Å². The number of nitrogens with one attached hydrogen (secondary N) is 2. The van der Waals surface area contributed by atoms with Crippen LogP contribution in [-0.2, 0) is 10.5 Å². The fourth-order valence-corrected chi connectivity index (χ4v) is 4.05. The summed E-state index contributed by atoms with van der Waals surface area (Å²) in [7, 11) is 0. The molecule has 2 N–H and O–H groups in total. The van der Waals surface area contributed by atoms with Gasteiger partial charge >= 0.3 is 0 Å². The third kappa shape index (κ3) is 2.20. The zero-order valence-corrected chi connectivity index (χ0v) is 15.8. The summed E-state index contributed by atoms with van der Waals surface area (Å²) in [5, 5.41) is 6.38. The quantitative estimate of drug-likeness (QED) is 0.541. The van der Waals surface area contributed by atoms with Crippen LogP contribution in [0, 0.1) is 3.57 Å². The van der Waals surface area contributed by atoms with E-state index in [0.717, 1.165) is 37.3 Å². The van der Waals surface area contributed by atoms with E-state index in [1.165, 1.54) is 0 Å². The number of hydrogen-bond donors (Lipinski definition) is 2. The first-order valence-electron chi connectivity index (χ1n) is 8.32. The number of halogens is 1. The highest BCUT2D eigenvalue weighted by atomic mass is 127. The molecule has 4 nitrogen and oxygen atoms in total. The average Bonchev–Trinajstić information content (AvgIpc) is 2.93. The molecule has 126 valence electrons. The molecule has 5 heteroatoms. The van der Waals surface area contributed by atoms with Crippen LogP contribution in [0.25, 0.3) is 0 Å².